The summed E-state index contributed by atoms with van der Waals surface area (Å²) in [7, 11) is 0. The van der Waals surface area contributed by atoms with E-state index in [-0.39, 0.29) is 6.29 Å². The van der Waals surface area contributed by atoms with E-state index < -0.39 is 0 Å². The zero-order chi connectivity index (χ0) is 10.5. The highest BCUT2D eigenvalue weighted by Crippen LogP contribution is 2.22. The number of hydrogen-bond donors (Lipinski definition) is 1. The topological polar surface area (TPSA) is 18.5 Å². The smallest absolute Gasteiger partial charge is 0.184 e. The molecule has 0 aliphatic carbocycles. The summed E-state index contributed by atoms with van der Waals surface area (Å²) < 4.78 is 10.8. The molecule has 0 atom stereocenters. The minimum atomic E-state index is -0.197. The van der Waals surface area contributed by atoms with Crippen LogP contribution in [-0.2, 0) is 9.47 Å². The molecule has 0 saturated carbocycles. The first-order chi connectivity index (χ1) is 7.40. The van der Waals surface area contributed by atoms with Gasteiger partial charge in [0, 0.05) is 11.1 Å². The van der Waals surface area contributed by atoms with Crippen LogP contribution >= 0.6 is 12.6 Å². The third kappa shape index (κ3) is 2.75. The van der Waals surface area contributed by atoms with Crippen molar-refractivity contribution in [1.29, 1.82) is 0 Å². The molecule has 1 aromatic carbocycles. The van der Waals surface area contributed by atoms with Crippen molar-refractivity contribution in [1.82, 2.24) is 0 Å². The predicted molar refractivity (Wildman–Crippen MR) is 61.8 cm³/mol. The van der Waals surface area contributed by atoms with Crippen LogP contribution in [0.15, 0.2) is 24.3 Å². The number of hydrogen-bond acceptors (Lipinski definition) is 3. The highest BCUT2D eigenvalue weighted by molar-refractivity contribution is 7.80. The summed E-state index contributed by atoms with van der Waals surface area (Å²) in [6, 6.07) is 7.91. The van der Waals surface area contributed by atoms with Crippen molar-refractivity contribution < 1.29 is 9.47 Å². The van der Waals surface area contributed by atoms with Gasteiger partial charge in [0.1, 0.15) is 0 Å². The molecule has 1 heterocycles. The lowest BCUT2D eigenvalue weighted by Crippen LogP contribution is -1.97. The minimum absolute atomic E-state index is 0.197. The molecule has 15 heavy (non-hydrogen) atoms. The average Bonchev–Trinajstić information content (AvgIpc) is 2.80. The van der Waals surface area contributed by atoms with Crippen molar-refractivity contribution in [2.75, 3.05) is 19.0 Å². The summed E-state index contributed by atoms with van der Waals surface area (Å²) in [6.45, 7) is 1.34. The van der Waals surface area contributed by atoms with Gasteiger partial charge in [-0.05, 0) is 12.1 Å². The molecule has 1 aromatic rings. The summed E-state index contributed by atoms with van der Waals surface area (Å²) in [5, 5.41) is 0. The standard InChI is InChI=1S/C12H12O2S/c15-9-1-2-10-3-5-11(6-4-10)12-13-7-8-14-12/h3-6,12,15H,7-9H2. The number of thiol groups is 1. The van der Waals surface area contributed by atoms with E-state index in [2.05, 4.69) is 24.5 Å². The van der Waals surface area contributed by atoms with Crippen LogP contribution in [-0.4, -0.2) is 19.0 Å². The van der Waals surface area contributed by atoms with E-state index in [0.29, 0.717) is 19.0 Å². The lowest BCUT2D eigenvalue weighted by Gasteiger charge is -2.08. The fraction of sp³-hybridized carbons (Fsp3) is 0.333. The van der Waals surface area contributed by atoms with Crippen molar-refractivity contribution in [2.24, 2.45) is 0 Å². The number of benzene rings is 1. The van der Waals surface area contributed by atoms with Gasteiger partial charge in [0.05, 0.1) is 19.0 Å². The lowest BCUT2D eigenvalue weighted by molar-refractivity contribution is -0.0441. The molecule has 1 fully saturated rings. The second kappa shape index (κ2) is 5.22. The molecule has 1 aliphatic heterocycles. The molecule has 1 aliphatic rings. The van der Waals surface area contributed by atoms with E-state index in [1.54, 1.807) is 0 Å². The van der Waals surface area contributed by atoms with Crippen LogP contribution in [0.2, 0.25) is 0 Å². The highest BCUT2D eigenvalue weighted by atomic mass is 32.1. The second-order valence-electron chi connectivity index (χ2n) is 3.16. The van der Waals surface area contributed by atoms with E-state index in [0.717, 1.165) is 11.1 Å². The first-order valence-electron chi connectivity index (χ1n) is 4.83. The quantitative estimate of drug-likeness (QED) is 0.576. The van der Waals surface area contributed by atoms with Crippen molar-refractivity contribution in [3.05, 3.63) is 35.4 Å². The van der Waals surface area contributed by atoms with Crippen molar-refractivity contribution in [2.45, 2.75) is 6.29 Å². The summed E-state index contributed by atoms with van der Waals surface area (Å²) >= 11 is 4.03. The Kier molecular flexibility index (Phi) is 3.68. The van der Waals surface area contributed by atoms with Crippen LogP contribution in [0.3, 0.4) is 0 Å². The average molecular weight is 220 g/mol. The molecule has 3 heteroatoms. The molecule has 1 saturated heterocycles. The molecular weight excluding hydrogens is 208 g/mol. The van der Waals surface area contributed by atoms with Gasteiger partial charge in [0.25, 0.3) is 0 Å². The molecule has 0 N–H and O–H groups in total. The molecule has 2 nitrogen and oxygen atoms in total. The Morgan fingerprint density at radius 2 is 1.87 bits per heavy atom. The fourth-order valence-corrected chi connectivity index (χ4v) is 1.50. The lowest BCUT2D eigenvalue weighted by atomic mass is 10.1. The van der Waals surface area contributed by atoms with Gasteiger partial charge >= 0.3 is 0 Å². The maximum Gasteiger partial charge on any atom is 0.184 e. The molecule has 0 unspecified atom stereocenters. The summed E-state index contributed by atoms with van der Waals surface area (Å²) in [5.74, 6) is 6.49. The van der Waals surface area contributed by atoms with Crippen LogP contribution in [0, 0.1) is 11.8 Å². The third-order valence-corrected chi connectivity index (χ3v) is 2.27. The molecule has 0 amide bonds. The Bertz CT molecular complexity index is 369. The van der Waals surface area contributed by atoms with Crippen molar-refractivity contribution in [3.63, 3.8) is 0 Å². The Hall–Kier alpha value is -0.950. The van der Waals surface area contributed by atoms with E-state index in [1.165, 1.54) is 0 Å². The van der Waals surface area contributed by atoms with Gasteiger partial charge < -0.3 is 9.47 Å². The molecule has 0 aromatic heterocycles. The van der Waals surface area contributed by atoms with Gasteiger partial charge in [-0.3, -0.25) is 0 Å². The third-order valence-electron chi connectivity index (χ3n) is 2.12. The largest absolute Gasteiger partial charge is 0.346 e. The minimum Gasteiger partial charge on any atom is -0.346 e. The van der Waals surface area contributed by atoms with Crippen molar-refractivity contribution in [3.8, 4) is 11.8 Å². The fourth-order valence-electron chi connectivity index (χ4n) is 1.42. The van der Waals surface area contributed by atoms with Crippen LogP contribution in [0.5, 0.6) is 0 Å². The normalized spacial score (nSPS) is 16.1. The van der Waals surface area contributed by atoms with Crippen LogP contribution < -0.4 is 0 Å². The van der Waals surface area contributed by atoms with E-state index in [4.69, 9.17) is 9.47 Å². The van der Waals surface area contributed by atoms with E-state index >= 15 is 0 Å². The van der Waals surface area contributed by atoms with Gasteiger partial charge in [-0.25, -0.2) is 0 Å². The van der Waals surface area contributed by atoms with Gasteiger partial charge in [-0.2, -0.15) is 12.6 Å². The van der Waals surface area contributed by atoms with E-state index in [9.17, 15) is 0 Å². The molecule has 0 spiro atoms. The van der Waals surface area contributed by atoms with Crippen LogP contribution in [0.1, 0.15) is 17.4 Å². The van der Waals surface area contributed by atoms with E-state index in [1.807, 2.05) is 24.3 Å². The monoisotopic (exact) mass is 220 g/mol. The number of rotatable bonds is 1. The molecular formula is C12H12O2S. The SMILES string of the molecule is SCC#Cc1ccc(C2OCCO2)cc1. The Balaban J connectivity index is 2.09. The van der Waals surface area contributed by atoms with Gasteiger partial charge in [0.2, 0.25) is 0 Å². The zero-order valence-electron chi connectivity index (χ0n) is 8.27. The van der Waals surface area contributed by atoms with Gasteiger partial charge in [-0.1, -0.05) is 24.0 Å². The highest BCUT2D eigenvalue weighted by Gasteiger charge is 2.17. The van der Waals surface area contributed by atoms with Crippen LogP contribution in [0.25, 0.3) is 0 Å². The summed E-state index contributed by atoms with van der Waals surface area (Å²) in [4.78, 5) is 0. The predicted octanol–water partition coefficient (Wildman–Crippen LogP) is 2.01. The maximum atomic E-state index is 5.39. The maximum absolute atomic E-state index is 5.39. The molecule has 2 rings (SSSR count). The molecule has 0 radical (unpaired) electrons. The Labute approximate surface area is 95.0 Å². The Morgan fingerprint density at radius 1 is 1.20 bits per heavy atom. The van der Waals surface area contributed by atoms with Gasteiger partial charge in [-0.15, -0.1) is 0 Å². The molecule has 0 bridgehead atoms. The van der Waals surface area contributed by atoms with Crippen molar-refractivity contribution >= 4 is 12.6 Å². The first-order valence-corrected chi connectivity index (χ1v) is 5.46. The second-order valence-corrected chi connectivity index (χ2v) is 3.47. The zero-order valence-corrected chi connectivity index (χ0v) is 9.17. The summed E-state index contributed by atoms with van der Waals surface area (Å²) in [6.07, 6.45) is -0.197. The van der Waals surface area contributed by atoms with Crippen LogP contribution in [0.4, 0.5) is 0 Å². The summed E-state index contributed by atoms with van der Waals surface area (Å²) in [5.41, 5.74) is 2.04. The van der Waals surface area contributed by atoms with Gasteiger partial charge in [0.15, 0.2) is 6.29 Å². The molecule has 78 valence electrons. The first kappa shape index (κ1) is 10.6. The Morgan fingerprint density at radius 3 is 2.47 bits per heavy atom. The number of ether oxygens (including phenoxy) is 2.